The molecule has 1 aliphatic carbocycles. The summed E-state index contributed by atoms with van der Waals surface area (Å²) < 4.78 is 1.18. The first kappa shape index (κ1) is 12.2. The van der Waals surface area contributed by atoms with Crippen molar-refractivity contribution in [2.45, 2.75) is 24.7 Å². The lowest BCUT2D eigenvalue weighted by molar-refractivity contribution is -0.133. The minimum atomic E-state index is -0.374. The standard InChI is InChI=1S/C14H16BrNO2/c15-12-3-1-2-11-10(12)4-5-14(11)6-7-16(9-14)13(18)8-17/h1-3,17H,4-9H2. The van der Waals surface area contributed by atoms with E-state index < -0.39 is 0 Å². The van der Waals surface area contributed by atoms with Crippen LogP contribution in [0, 0.1) is 0 Å². The molecule has 1 N–H and O–H groups in total. The van der Waals surface area contributed by atoms with Crippen molar-refractivity contribution < 1.29 is 9.90 Å². The van der Waals surface area contributed by atoms with Crippen LogP contribution < -0.4 is 0 Å². The molecule has 0 radical (unpaired) electrons. The highest BCUT2D eigenvalue weighted by molar-refractivity contribution is 9.10. The molecule has 3 nitrogen and oxygen atoms in total. The SMILES string of the molecule is O=C(CO)N1CCC2(CCc3c(Br)cccc32)C1. The van der Waals surface area contributed by atoms with E-state index in [1.807, 2.05) is 0 Å². The molecular weight excluding hydrogens is 294 g/mol. The van der Waals surface area contributed by atoms with Crippen LogP contribution in [0.5, 0.6) is 0 Å². The zero-order valence-corrected chi connectivity index (χ0v) is 11.7. The van der Waals surface area contributed by atoms with Crippen LogP contribution in [0.25, 0.3) is 0 Å². The van der Waals surface area contributed by atoms with E-state index in [9.17, 15) is 4.79 Å². The van der Waals surface area contributed by atoms with Crippen molar-refractivity contribution >= 4 is 21.8 Å². The molecular formula is C14H16BrNO2. The number of aliphatic hydroxyl groups excluding tert-OH is 1. The van der Waals surface area contributed by atoms with Gasteiger partial charge in [-0.15, -0.1) is 0 Å². The first-order valence-corrected chi connectivity index (χ1v) is 7.12. The molecule has 1 amide bonds. The summed E-state index contributed by atoms with van der Waals surface area (Å²) in [6, 6.07) is 6.36. The summed E-state index contributed by atoms with van der Waals surface area (Å²) in [7, 11) is 0. The number of carbonyl (C=O) groups excluding carboxylic acids is 1. The molecule has 18 heavy (non-hydrogen) atoms. The van der Waals surface area contributed by atoms with Crippen LogP contribution >= 0.6 is 15.9 Å². The van der Waals surface area contributed by atoms with Gasteiger partial charge in [0.05, 0.1) is 0 Å². The topological polar surface area (TPSA) is 40.5 Å². The van der Waals surface area contributed by atoms with E-state index in [-0.39, 0.29) is 17.9 Å². The number of nitrogens with zero attached hydrogens (tertiary/aromatic N) is 1. The van der Waals surface area contributed by atoms with Gasteiger partial charge in [0, 0.05) is 23.0 Å². The molecule has 2 aliphatic rings. The number of aliphatic hydroxyl groups is 1. The summed E-state index contributed by atoms with van der Waals surface area (Å²) in [6.45, 7) is 1.16. The Bertz CT molecular complexity index is 503. The van der Waals surface area contributed by atoms with E-state index >= 15 is 0 Å². The summed E-state index contributed by atoms with van der Waals surface area (Å²) in [5.41, 5.74) is 2.92. The van der Waals surface area contributed by atoms with E-state index in [4.69, 9.17) is 5.11 Å². The normalized spacial score (nSPS) is 25.8. The van der Waals surface area contributed by atoms with Crippen molar-refractivity contribution in [3.05, 3.63) is 33.8 Å². The van der Waals surface area contributed by atoms with E-state index in [1.165, 1.54) is 15.6 Å². The predicted octanol–water partition coefficient (Wildman–Crippen LogP) is 1.86. The number of amides is 1. The van der Waals surface area contributed by atoms with E-state index in [2.05, 4.69) is 34.1 Å². The Hall–Kier alpha value is -0.870. The lowest BCUT2D eigenvalue weighted by Gasteiger charge is -2.25. The maximum Gasteiger partial charge on any atom is 0.248 e. The quantitative estimate of drug-likeness (QED) is 0.860. The molecule has 0 aromatic heterocycles. The Morgan fingerprint density at radius 1 is 1.44 bits per heavy atom. The van der Waals surface area contributed by atoms with Crippen molar-refractivity contribution in [1.82, 2.24) is 4.90 Å². The zero-order chi connectivity index (χ0) is 12.8. The monoisotopic (exact) mass is 309 g/mol. The molecule has 1 saturated heterocycles. The first-order chi connectivity index (χ1) is 8.66. The lowest BCUT2D eigenvalue weighted by Crippen LogP contribution is -2.34. The van der Waals surface area contributed by atoms with E-state index in [1.54, 1.807) is 4.90 Å². The average Bonchev–Trinajstić information content (AvgIpc) is 2.97. The highest BCUT2D eigenvalue weighted by atomic mass is 79.9. The number of carbonyl (C=O) groups is 1. The summed E-state index contributed by atoms with van der Waals surface area (Å²) in [5.74, 6) is -0.143. The molecule has 0 bridgehead atoms. The van der Waals surface area contributed by atoms with Crippen molar-refractivity contribution in [3.63, 3.8) is 0 Å². The highest BCUT2D eigenvalue weighted by Gasteiger charge is 2.45. The summed E-state index contributed by atoms with van der Waals surface area (Å²) in [5, 5.41) is 8.97. The number of fused-ring (bicyclic) bond motifs is 2. The molecule has 1 unspecified atom stereocenters. The van der Waals surface area contributed by atoms with Crippen molar-refractivity contribution in [2.24, 2.45) is 0 Å². The fraction of sp³-hybridized carbons (Fsp3) is 0.500. The van der Waals surface area contributed by atoms with Crippen molar-refractivity contribution in [1.29, 1.82) is 0 Å². The second kappa shape index (κ2) is 4.35. The van der Waals surface area contributed by atoms with Crippen LogP contribution in [-0.2, 0) is 16.6 Å². The van der Waals surface area contributed by atoms with Gasteiger partial charge >= 0.3 is 0 Å². The van der Waals surface area contributed by atoms with Gasteiger partial charge in [0.1, 0.15) is 6.61 Å². The van der Waals surface area contributed by atoms with Gasteiger partial charge in [0.25, 0.3) is 0 Å². The molecule has 3 rings (SSSR count). The number of likely N-dealkylation sites (tertiary alicyclic amines) is 1. The Labute approximate surface area is 115 Å². The largest absolute Gasteiger partial charge is 0.387 e. The molecule has 1 aromatic carbocycles. The van der Waals surface area contributed by atoms with Crippen LogP contribution in [0.3, 0.4) is 0 Å². The van der Waals surface area contributed by atoms with Crippen molar-refractivity contribution in [2.75, 3.05) is 19.7 Å². The number of halogens is 1. The van der Waals surface area contributed by atoms with Gasteiger partial charge in [-0.2, -0.15) is 0 Å². The molecule has 1 atom stereocenters. The Balaban J connectivity index is 1.93. The van der Waals surface area contributed by atoms with Gasteiger partial charge in [0.2, 0.25) is 5.91 Å². The molecule has 1 heterocycles. The molecule has 4 heteroatoms. The third-order valence-electron chi connectivity index (χ3n) is 4.39. The lowest BCUT2D eigenvalue weighted by atomic mass is 9.81. The second-order valence-electron chi connectivity index (χ2n) is 5.27. The van der Waals surface area contributed by atoms with Crippen LogP contribution in [-0.4, -0.2) is 35.6 Å². The molecule has 1 spiro atoms. The van der Waals surface area contributed by atoms with Gasteiger partial charge in [-0.05, 0) is 36.5 Å². The fourth-order valence-electron chi connectivity index (χ4n) is 3.42. The van der Waals surface area contributed by atoms with Crippen molar-refractivity contribution in [3.8, 4) is 0 Å². The van der Waals surface area contributed by atoms with Gasteiger partial charge in [0.15, 0.2) is 0 Å². The summed E-state index contributed by atoms with van der Waals surface area (Å²) in [6.07, 6.45) is 3.21. The van der Waals surface area contributed by atoms with Crippen LogP contribution in [0.1, 0.15) is 24.0 Å². The summed E-state index contributed by atoms with van der Waals surface area (Å²) in [4.78, 5) is 13.4. The number of benzene rings is 1. The first-order valence-electron chi connectivity index (χ1n) is 6.33. The number of rotatable bonds is 1. The summed E-state index contributed by atoms with van der Waals surface area (Å²) >= 11 is 3.61. The Kier molecular flexibility index (Phi) is 2.94. The van der Waals surface area contributed by atoms with Gasteiger partial charge in [-0.25, -0.2) is 0 Å². The maximum atomic E-state index is 11.6. The third kappa shape index (κ3) is 1.70. The van der Waals surface area contributed by atoms with Gasteiger partial charge < -0.3 is 10.0 Å². The smallest absolute Gasteiger partial charge is 0.248 e. The van der Waals surface area contributed by atoms with Gasteiger partial charge in [-0.3, -0.25) is 4.79 Å². The van der Waals surface area contributed by atoms with Gasteiger partial charge in [-0.1, -0.05) is 28.1 Å². The third-order valence-corrected chi connectivity index (χ3v) is 5.13. The average molecular weight is 310 g/mol. The van der Waals surface area contributed by atoms with Crippen LogP contribution in [0.2, 0.25) is 0 Å². The number of hydrogen-bond donors (Lipinski definition) is 1. The second-order valence-corrected chi connectivity index (χ2v) is 6.12. The molecule has 0 saturated carbocycles. The molecule has 1 fully saturated rings. The van der Waals surface area contributed by atoms with Crippen LogP contribution in [0.4, 0.5) is 0 Å². The molecule has 1 aliphatic heterocycles. The Morgan fingerprint density at radius 3 is 3.06 bits per heavy atom. The highest BCUT2D eigenvalue weighted by Crippen LogP contribution is 2.47. The fourth-order valence-corrected chi connectivity index (χ4v) is 3.98. The predicted molar refractivity (Wildman–Crippen MR) is 72.4 cm³/mol. The van der Waals surface area contributed by atoms with E-state index in [0.29, 0.717) is 0 Å². The minimum Gasteiger partial charge on any atom is -0.387 e. The maximum absolute atomic E-state index is 11.6. The Morgan fingerprint density at radius 2 is 2.28 bits per heavy atom. The zero-order valence-electron chi connectivity index (χ0n) is 10.2. The minimum absolute atomic E-state index is 0.129. The molecule has 96 valence electrons. The molecule has 1 aromatic rings. The van der Waals surface area contributed by atoms with Crippen LogP contribution in [0.15, 0.2) is 22.7 Å². The number of hydrogen-bond acceptors (Lipinski definition) is 2. The van der Waals surface area contributed by atoms with E-state index in [0.717, 1.165) is 32.4 Å².